The van der Waals surface area contributed by atoms with Crippen molar-refractivity contribution in [1.29, 1.82) is 0 Å². The number of benzene rings is 2. The standard InChI is InChI=1S/C20H20ClN3O2S/c1-11-7-8-14(9-15(11)21)22-20-24-19(26)16(27-20)10-17(25)23-18-12(2)5-4-6-13(18)3/h4-9,16H,10H2,1-3H3,(H,23,25)(H,22,24,26). The van der Waals surface area contributed by atoms with Gasteiger partial charge in [-0.15, -0.1) is 0 Å². The number of thioether (sulfide) groups is 1. The van der Waals surface area contributed by atoms with Crippen molar-refractivity contribution in [2.75, 3.05) is 5.32 Å². The largest absolute Gasteiger partial charge is 0.326 e. The van der Waals surface area contributed by atoms with Gasteiger partial charge in [0.05, 0.1) is 5.69 Å². The summed E-state index contributed by atoms with van der Waals surface area (Å²) in [5.74, 6) is -0.409. The fourth-order valence-corrected chi connectivity index (χ4v) is 3.89. The van der Waals surface area contributed by atoms with Crippen molar-refractivity contribution in [2.45, 2.75) is 32.4 Å². The van der Waals surface area contributed by atoms with Crippen LogP contribution in [0.5, 0.6) is 0 Å². The number of nitrogens with zero attached hydrogens (tertiary/aromatic N) is 1. The predicted molar refractivity (Wildman–Crippen MR) is 112 cm³/mol. The van der Waals surface area contributed by atoms with Crippen LogP contribution in [0.15, 0.2) is 41.4 Å². The van der Waals surface area contributed by atoms with Gasteiger partial charge in [0.25, 0.3) is 0 Å². The van der Waals surface area contributed by atoms with Gasteiger partial charge in [0, 0.05) is 17.1 Å². The quantitative estimate of drug-likeness (QED) is 0.791. The lowest BCUT2D eigenvalue weighted by Crippen LogP contribution is -2.28. The summed E-state index contributed by atoms with van der Waals surface area (Å²) in [4.78, 5) is 29.0. The number of carbonyl (C=O) groups is 2. The Kier molecular flexibility index (Phi) is 5.87. The van der Waals surface area contributed by atoms with Crippen LogP contribution in [0.1, 0.15) is 23.1 Å². The third kappa shape index (κ3) is 4.70. The van der Waals surface area contributed by atoms with Crippen LogP contribution in [-0.4, -0.2) is 22.2 Å². The zero-order chi connectivity index (χ0) is 19.6. The highest BCUT2D eigenvalue weighted by Gasteiger charge is 2.32. The Morgan fingerprint density at radius 2 is 1.89 bits per heavy atom. The van der Waals surface area contributed by atoms with Crippen molar-refractivity contribution in [3.8, 4) is 0 Å². The molecule has 0 aliphatic carbocycles. The number of rotatable bonds is 4. The Morgan fingerprint density at radius 1 is 1.19 bits per heavy atom. The first-order valence-electron chi connectivity index (χ1n) is 8.52. The maximum Gasteiger partial charge on any atom is 0.240 e. The molecule has 1 fully saturated rings. The average molecular weight is 402 g/mol. The van der Waals surface area contributed by atoms with Gasteiger partial charge in [-0.2, -0.15) is 0 Å². The number of aryl methyl sites for hydroxylation is 3. The summed E-state index contributed by atoms with van der Waals surface area (Å²) in [6, 6.07) is 11.3. The highest BCUT2D eigenvalue weighted by Crippen LogP contribution is 2.28. The first-order valence-corrected chi connectivity index (χ1v) is 9.77. The molecule has 140 valence electrons. The maximum absolute atomic E-state index is 12.4. The van der Waals surface area contributed by atoms with E-state index in [9.17, 15) is 9.59 Å². The second-order valence-corrected chi connectivity index (χ2v) is 8.06. The molecule has 1 saturated heterocycles. The van der Waals surface area contributed by atoms with E-state index in [1.54, 1.807) is 6.07 Å². The van der Waals surface area contributed by atoms with Gasteiger partial charge in [0.2, 0.25) is 11.8 Å². The first kappa shape index (κ1) is 19.5. The van der Waals surface area contributed by atoms with Crippen molar-refractivity contribution in [3.05, 3.63) is 58.1 Å². The van der Waals surface area contributed by atoms with Gasteiger partial charge in [0.1, 0.15) is 5.25 Å². The summed E-state index contributed by atoms with van der Waals surface area (Å²) in [6.07, 6.45) is 0.0813. The lowest BCUT2D eigenvalue weighted by Gasteiger charge is -2.12. The summed E-state index contributed by atoms with van der Waals surface area (Å²) in [5.41, 5.74) is 4.41. The highest BCUT2D eigenvalue weighted by atomic mass is 35.5. The molecule has 2 aromatic carbocycles. The maximum atomic E-state index is 12.4. The minimum atomic E-state index is -0.506. The van der Waals surface area contributed by atoms with Gasteiger partial charge in [-0.05, 0) is 49.6 Å². The summed E-state index contributed by atoms with van der Waals surface area (Å²) in [5, 5.41) is 6.24. The molecule has 1 aliphatic rings. The SMILES string of the molecule is Cc1ccc(N=C2NC(=O)C(CC(=O)Nc3c(C)cccc3C)S2)cc1Cl. The summed E-state index contributed by atoms with van der Waals surface area (Å²) >= 11 is 7.37. The molecule has 1 unspecified atom stereocenters. The number of nitrogens with one attached hydrogen (secondary N) is 2. The van der Waals surface area contributed by atoms with Gasteiger partial charge in [-0.25, -0.2) is 4.99 Å². The van der Waals surface area contributed by atoms with Crippen LogP contribution in [-0.2, 0) is 9.59 Å². The molecule has 1 atom stereocenters. The predicted octanol–water partition coefficient (Wildman–Crippen LogP) is 4.51. The molecular formula is C20H20ClN3O2S. The van der Waals surface area contributed by atoms with E-state index in [-0.39, 0.29) is 18.2 Å². The Morgan fingerprint density at radius 3 is 2.56 bits per heavy atom. The van der Waals surface area contributed by atoms with Crippen LogP contribution >= 0.6 is 23.4 Å². The third-order valence-electron chi connectivity index (χ3n) is 4.28. The van der Waals surface area contributed by atoms with Crippen molar-refractivity contribution in [2.24, 2.45) is 4.99 Å². The van der Waals surface area contributed by atoms with E-state index >= 15 is 0 Å². The fraction of sp³-hybridized carbons (Fsp3) is 0.250. The molecule has 2 aromatic rings. The number of hydrogen-bond acceptors (Lipinski definition) is 4. The first-order chi connectivity index (χ1) is 12.8. The molecule has 0 spiro atoms. The van der Waals surface area contributed by atoms with Crippen LogP contribution in [0.4, 0.5) is 11.4 Å². The molecule has 3 rings (SSSR count). The van der Waals surface area contributed by atoms with Crippen LogP contribution in [0.2, 0.25) is 5.02 Å². The number of anilines is 1. The molecule has 0 bridgehead atoms. The molecule has 2 amide bonds. The lowest BCUT2D eigenvalue weighted by atomic mass is 10.1. The van der Waals surface area contributed by atoms with Gasteiger partial charge >= 0.3 is 0 Å². The summed E-state index contributed by atoms with van der Waals surface area (Å²) in [6.45, 7) is 5.80. The zero-order valence-electron chi connectivity index (χ0n) is 15.3. The van der Waals surface area contributed by atoms with Crippen LogP contribution in [0.25, 0.3) is 0 Å². The monoisotopic (exact) mass is 401 g/mol. The van der Waals surface area contributed by atoms with Gasteiger partial charge in [0.15, 0.2) is 5.17 Å². The number of aliphatic imine (C=N–C) groups is 1. The second kappa shape index (κ2) is 8.15. The summed E-state index contributed by atoms with van der Waals surface area (Å²) in [7, 11) is 0. The molecule has 0 aromatic heterocycles. The van der Waals surface area contributed by atoms with E-state index in [2.05, 4.69) is 15.6 Å². The molecule has 7 heteroatoms. The van der Waals surface area contributed by atoms with E-state index < -0.39 is 5.25 Å². The Balaban J connectivity index is 1.66. The number of para-hydroxylation sites is 1. The van der Waals surface area contributed by atoms with Crippen LogP contribution < -0.4 is 10.6 Å². The highest BCUT2D eigenvalue weighted by molar-refractivity contribution is 8.15. The van der Waals surface area contributed by atoms with Gasteiger partial charge in [-0.3, -0.25) is 9.59 Å². The van der Waals surface area contributed by atoms with E-state index in [1.807, 2.05) is 51.1 Å². The molecule has 0 saturated carbocycles. The van der Waals surface area contributed by atoms with Crippen molar-refractivity contribution in [3.63, 3.8) is 0 Å². The molecule has 5 nitrogen and oxygen atoms in total. The molecule has 2 N–H and O–H groups in total. The second-order valence-electron chi connectivity index (χ2n) is 6.47. The number of carbonyl (C=O) groups excluding carboxylic acids is 2. The van der Waals surface area contributed by atoms with Crippen LogP contribution in [0, 0.1) is 20.8 Å². The zero-order valence-corrected chi connectivity index (χ0v) is 16.9. The van der Waals surface area contributed by atoms with Crippen LogP contribution in [0.3, 0.4) is 0 Å². The Hall–Kier alpha value is -2.31. The lowest BCUT2D eigenvalue weighted by molar-refractivity contribution is -0.122. The molecular weight excluding hydrogens is 382 g/mol. The van der Waals surface area contributed by atoms with E-state index in [0.29, 0.717) is 15.9 Å². The number of amides is 2. The fourth-order valence-electron chi connectivity index (χ4n) is 2.73. The summed E-state index contributed by atoms with van der Waals surface area (Å²) < 4.78 is 0. The molecule has 0 radical (unpaired) electrons. The Labute approximate surface area is 167 Å². The smallest absolute Gasteiger partial charge is 0.240 e. The minimum Gasteiger partial charge on any atom is -0.326 e. The Bertz CT molecular complexity index is 923. The number of amidine groups is 1. The number of halogens is 1. The third-order valence-corrected chi connectivity index (χ3v) is 5.77. The van der Waals surface area contributed by atoms with Crippen molar-refractivity contribution in [1.82, 2.24) is 5.32 Å². The normalized spacial score (nSPS) is 17.9. The topological polar surface area (TPSA) is 70.6 Å². The van der Waals surface area contributed by atoms with Gasteiger partial charge in [-0.1, -0.05) is 47.6 Å². The molecule has 1 heterocycles. The van der Waals surface area contributed by atoms with Crippen molar-refractivity contribution >= 4 is 51.7 Å². The number of hydrogen-bond donors (Lipinski definition) is 2. The van der Waals surface area contributed by atoms with E-state index in [4.69, 9.17) is 11.6 Å². The minimum absolute atomic E-state index is 0.0813. The molecule has 27 heavy (non-hydrogen) atoms. The molecule has 1 aliphatic heterocycles. The van der Waals surface area contributed by atoms with E-state index in [0.717, 1.165) is 22.4 Å². The van der Waals surface area contributed by atoms with Gasteiger partial charge < -0.3 is 10.6 Å². The average Bonchev–Trinajstić information content (AvgIpc) is 2.94. The van der Waals surface area contributed by atoms with Crippen molar-refractivity contribution < 1.29 is 9.59 Å². The van der Waals surface area contributed by atoms with E-state index in [1.165, 1.54) is 11.8 Å².